The van der Waals surface area contributed by atoms with Gasteiger partial charge in [0, 0.05) is 93.8 Å². The molecule has 4 N–H and O–H groups in total. The van der Waals surface area contributed by atoms with Gasteiger partial charge in [0.1, 0.15) is 23.7 Å². The highest BCUT2D eigenvalue weighted by Crippen LogP contribution is 2.37. The number of nitrogens with one attached hydrogen (secondary N) is 4. The fourth-order valence-corrected chi connectivity index (χ4v) is 11.2. The van der Waals surface area contributed by atoms with Gasteiger partial charge in [0.05, 0.1) is 22.6 Å². The van der Waals surface area contributed by atoms with Gasteiger partial charge in [-0.1, -0.05) is 18.2 Å². The first-order valence-electron chi connectivity index (χ1n) is 22.6. The van der Waals surface area contributed by atoms with E-state index in [9.17, 15) is 32.0 Å². The third kappa shape index (κ3) is 8.48. The predicted octanol–water partition coefficient (Wildman–Crippen LogP) is 6.37. The van der Waals surface area contributed by atoms with Crippen molar-refractivity contribution < 1.29 is 40.8 Å². The van der Waals surface area contributed by atoms with Gasteiger partial charge in [0.15, 0.2) is 5.82 Å². The molecule has 19 heteroatoms. The highest BCUT2D eigenvalue weighted by atomic mass is 32.2. The Bertz CT molecular complexity index is 3080. The molecule has 3 amide bonds. The smallest absolute Gasteiger partial charge is 0.301 e. The minimum Gasteiger partial charge on any atom is -0.386 e. The van der Waals surface area contributed by atoms with Crippen LogP contribution in [0.3, 0.4) is 0 Å². The standard InChI is InChI=1S/C49H48F3N9O6S/c1-53-40-22-31(32-21-36-37(24-55-47(36)54-23-32)46(63)44-38(51)5-6-39(45(44)52)57-68(66,67)60-19-14-34(50)27-60)3-7-41(40)59-17-10-28(11-18-59)25-58-15-12-29(13-16-58)30-2-4-35-33(20-30)26-61(49(35)65)42-8-9-43(62)56-48(42)64/h2-7,12-13,15,20-24,28,34,42,53,57H,8-11,14,16-19,25-27H2,1H3,(H,54,55)(H,56,62,64)/t34-,42?/m1/s1. The van der Waals surface area contributed by atoms with Crippen LogP contribution in [0.1, 0.15) is 69.5 Å². The summed E-state index contributed by atoms with van der Waals surface area (Å²) in [5.74, 6) is -4.02. The average molecular weight is 948 g/mol. The molecule has 3 fully saturated rings. The number of H-pyrrole nitrogens is 1. The summed E-state index contributed by atoms with van der Waals surface area (Å²) >= 11 is 0. The summed E-state index contributed by atoms with van der Waals surface area (Å²) in [6, 6.07) is 14.6. The Balaban J connectivity index is 0.769. The van der Waals surface area contributed by atoms with E-state index >= 15 is 8.78 Å². The minimum absolute atomic E-state index is 0.00199. The molecule has 0 spiro atoms. The number of carbonyl (C=O) groups is 4. The second-order valence-corrected chi connectivity index (χ2v) is 19.6. The van der Waals surface area contributed by atoms with Crippen LogP contribution >= 0.6 is 0 Å². The number of hydrogen-bond acceptors (Lipinski definition) is 10. The second-order valence-electron chi connectivity index (χ2n) is 17.9. The summed E-state index contributed by atoms with van der Waals surface area (Å²) in [7, 11) is -2.52. The number of amides is 3. The molecule has 10 rings (SSSR count). The van der Waals surface area contributed by atoms with Crippen molar-refractivity contribution in [3.05, 3.63) is 125 Å². The molecule has 0 radical (unpaired) electrons. The van der Waals surface area contributed by atoms with Crippen molar-refractivity contribution in [3.8, 4) is 11.1 Å². The highest BCUT2D eigenvalue weighted by molar-refractivity contribution is 7.90. The van der Waals surface area contributed by atoms with E-state index in [1.165, 1.54) is 6.20 Å². The Kier molecular flexibility index (Phi) is 11.8. The van der Waals surface area contributed by atoms with Crippen LogP contribution in [-0.2, 0) is 26.3 Å². The van der Waals surface area contributed by atoms with Crippen molar-refractivity contribution in [1.29, 1.82) is 0 Å². The Morgan fingerprint density at radius 2 is 1.74 bits per heavy atom. The van der Waals surface area contributed by atoms with Gasteiger partial charge < -0.3 is 25.0 Å². The molecule has 5 aliphatic heterocycles. The van der Waals surface area contributed by atoms with Crippen molar-refractivity contribution in [1.82, 2.24) is 29.4 Å². The molecule has 7 heterocycles. The lowest BCUT2D eigenvalue weighted by atomic mass is 9.94. The summed E-state index contributed by atoms with van der Waals surface area (Å²) in [6.07, 6.45) is 10.6. The third-order valence-electron chi connectivity index (χ3n) is 13.7. The first-order valence-corrected chi connectivity index (χ1v) is 24.1. The zero-order valence-corrected chi connectivity index (χ0v) is 37.8. The van der Waals surface area contributed by atoms with E-state index in [1.807, 2.05) is 48.2 Å². The summed E-state index contributed by atoms with van der Waals surface area (Å²) < 4.78 is 73.4. The SMILES string of the molecule is CNc1cc(-c2cnc3[nH]cc(C(=O)c4c(F)ccc(NS(=O)(=O)N5CC[C@@H](F)C5)c4F)c3c2)ccc1N1CCC(CN2C=CC(c3ccc4c(c3)CN(C3CCC(=O)NC3=O)C4=O)=CC2)CC1. The maximum absolute atomic E-state index is 15.8. The molecule has 5 aliphatic rings. The number of aromatic amines is 1. The van der Waals surface area contributed by atoms with Gasteiger partial charge in [0.25, 0.3) is 5.91 Å². The van der Waals surface area contributed by atoms with E-state index in [-0.39, 0.29) is 36.8 Å². The molecule has 0 aliphatic carbocycles. The number of anilines is 3. The maximum atomic E-state index is 15.8. The summed E-state index contributed by atoms with van der Waals surface area (Å²) in [6.45, 7) is 3.22. The molecule has 1 unspecified atom stereocenters. The van der Waals surface area contributed by atoms with Crippen molar-refractivity contribution in [2.45, 2.75) is 50.9 Å². The fraction of sp³-hybridized carbons (Fsp3) is 0.327. The number of ketones is 1. The van der Waals surface area contributed by atoms with E-state index in [1.54, 1.807) is 17.2 Å². The van der Waals surface area contributed by atoms with E-state index in [2.05, 4.69) is 48.8 Å². The number of imide groups is 1. The molecule has 0 saturated carbocycles. The largest absolute Gasteiger partial charge is 0.386 e. The molecule has 5 aromatic rings. The molecule has 2 aromatic heterocycles. The lowest BCUT2D eigenvalue weighted by molar-refractivity contribution is -0.136. The van der Waals surface area contributed by atoms with Gasteiger partial charge in [-0.25, -0.2) is 18.2 Å². The molecule has 0 bridgehead atoms. The number of aromatic nitrogens is 2. The number of rotatable bonds is 12. The summed E-state index contributed by atoms with van der Waals surface area (Å²) in [5.41, 5.74) is 5.59. The number of carbonyl (C=O) groups excluding carboxylic acids is 4. The third-order valence-corrected chi connectivity index (χ3v) is 15.2. The van der Waals surface area contributed by atoms with E-state index in [0.717, 1.165) is 89.1 Å². The number of allylic oxidation sites excluding steroid dienone is 2. The first kappa shape index (κ1) is 44.8. The summed E-state index contributed by atoms with van der Waals surface area (Å²) in [4.78, 5) is 64.8. The van der Waals surface area contributed by atoms with E-state index in [0.29, 0.717) is 41.0 Å². The van der Waals surface area contributed by atoms with Crippen LogP contribution in [0.2, 0.25) is 0 Å². The van der Waals surface area contributed by atoms with Crippen LogP contribution in [-0.4, -0.2) is 115 Å². The Hall–Kier alpha value is -6.99. The number of nitrogens with zero attached hydrogens (tertiary/aromatic N) is 5. The number of alkyl halides is 1. The monoisotopic (exact) mass is 947 g/mol. The topological polar surface area (TPSA) is 180 Å². The normalized spacial score (nSPS) is 20.3. The Morgan fingerprint density at radius 1 is 0.926 bits per heavy atom. The van der Waals surface area contributed by atoms with Crippen LogP contribution in [0.4, 0.5) is 30.2 Å². The number of benzene rings is 3. The lowest BCUT2D eigenvalue weighted by Crippen LogP contribution is -2.52. The minimum atomic E-state index is -4.37. The van der Waals surface area contributed by atoms with Crippen LogP contribution in [0.15, 0.2) is 85.3 Å². The van der Waals surface area contributed by atoms with Gasteiger partial charge in [-0.2, -0.15) is 12.7 Å². The molecule has 352 valence electrons. The number of fused-ring (bicyclic) bond motifs is 2. The quantitative estimate of drug-likeness (QED) is 0.0811. The van der Waals surface area contributed by atoms with E-state index < -0.39 is 63.5 Å². The number of piperidine rings is 2. The van der Waals surface area contributed by atoms with Crippen LogP contribution in [0, 0.1) is 17.6 Å². The maximum Gasteiger partial charge on any atom is 0.301 e. The molecular weight excluding hydrogens is 900 g/mol. The predicted molar refractivity (Wildman–Crippen MR) is 251 cm³/mol. The zero-order valence-electron chi connectivity index (χ0n) is 37.0. The van der Waals surface area contributed by atoms with Gasteiger partial charge in [-0.05, 0) is 109 Å². The van der Waals surface area contributed by atoms with Gasteiger partial charge in [-0.15, -0.1) is 0 Å². The molecular formula is C49H48F3N9O6S. The van der Waals surface area contributed by atoms with Crippen LogP contribution in [0.5, 0.6) is 0 Å². The van der Waals surface area contributed by atoms with E-state index in [4.69, 9.17) is 0 Å². The number of hydrogen-bond donors (Lipinski definition) is 4. The van der Waals surface area contributed by atoms with Gasteiger partial charge in [-0.3, -0.25) is 29.2 Å². The number of pyridine rings is 1. The average Bonchev–Trinajstić information content (AvgIpc) is 4.07. The zero-order chi connectivity index (χ0) is 47.4. The molecule has 2 atom stereocenters. The molecule has 68 heavy (non-hydrogen) atoms. The molecule has 3 aromatic carbocycles. The first-order chi connectivity index (χ1) is 32.7. The van der Waals surface area contributed by atoms with Crippen molar-refractivity contribution in [3.63, 3.8) is 0 Å². The molecule has 3 saturated heterocycles. The van der Waals surface area contributed by atoms with Crippen LogP contribution < -0.4 is 20.3 Å². The Labute approximate surface area is 390 Å². The highest BCUT2D eigenvalue weighted by Gasteiger charge is 2.39. The van der Waals surface area contributed by atoms with Crippen molar-refractivity contribution in [2.24, 2.45) is 5.92 Å². The van der Waals surface area contributed by atoms with Gasteiger partial charge >= 0.3 is 10.2 Å². The second kappa shape index (κ2) is 17.9. The Morgan fingerprint density at radius 3 is 2.47 bits per heavy atom. The van der Waals surface area contributed by atoms with Crippen LogP contribution in [0.25, 0.3) is 27.7 Å². The van der Waals surface area contributed by atoms with Gasteiger partial charge in [0.2, 0.25) is 17.6 Å². The fourth-order valence-electron chi connectivity index (χ4n) is 9.95. The molecule has 15 nitrogen and oxygen atoms in total. The lowest BCUT2D eigenvalue weighted by Gasteiger charge is -2.37. The van der Waals surface area contributed by atoms with Crippen molar-refractivity contribution in [2.75, 3.05) is 61.3 Å². The summed E-state index contributed by atoms with van der Waals surface area (Å²) in [5, 5.41) is 5.99. The van der Waals surface area contributed by atoms with Crippen molar-refractivity contribution >= 4 is 67.4 Å². The number of halogens is 3.